The second-order valence-electron chi connectivity index (χ2n) is 3.43. The molecular formula is C12H9Cl2NOS2. The predicted molar refractivity (Wildman–Crippen MR) is 78.2 cm³/mol. The number of thioether (sulfide) groups is 1. The number of rotatable bonds is 5. The highest BCUT2D eigenvalue weighted by atomic mass is 35.5. The fraction of sp³-hybridized carbons (Fsp3) is 0.167. The van der Waals surface area contributed by atoms with Gasteiger partial charge in [0.2, 0.25) is 0 Å². The number of Topliss-reactive ketones (excluding diaryl/α,β-unsaturated/α-hetero) is 1. The number of ketones is 1. The van der Waals surface area contributed by atoms with Gasteiger partial charge in [0.25, 0.3) is 0 Å². The molecule has 94 valence electrons. The third-order valence-electron chi connectivity index (χ3n) is 2.12. The fourth-order valence-electron chi connectivity index (χ4n) is 1.28. The van der Waals surface area contributed by atoms with Crippen molar-refractivity contribution in [3.8, 4) is 0 Å². The van der Waals surface area contributed by atoms with Crippen LogP contribution in [0.4, 0.5) is 0 Å². The summed E-state index contributed by atoms with van der Waals surface area (Å²) in [7, 11) is 0. The Kier molecular flexibility index (Phi) is 5.06. The smallest absolute Gasteiger partial charge is 0.196 e. The lowest BCUT2D eigenvalue weighted by molar-refractivity contribution is 0.101. The summed E-state index contributed by atoms with van der Waals surface area (Å²) >= 11 is 14.5. The second kappa shape index (κ2) is 6.57. The van der Waals surface area contributed by atoms with Crippen molar-refractivity contribution in [3.63, 3.8) is 0 Å². The van der Waals surface area contributed by atoms with Crippen LogP contribution < -0.4 is 0 Å². The zero-order valence-corrected chi connectivity index (χ0v) is 12.4. The van der Waals surface area contributed by atoms with Crippen molar-refractivity contribution in [2.24, 2.45) is 0 Å². The number of benzene rings is 1. The number of alkyl halides is 1. The Labute approximate surface area is 123 Å². The molecule has 1 aromatic carbocycles. The Morgan fingerprint density at radius 3 is 3.00 bits per heavy atom. The van der Waals surface area contributed by atoms with Crippen LogP contribution in [0.2, 0.25) is 5.02 Å². The quantitative estimate of drug-likeness (QED) is 0.461. The number of nitrogens with zero attached hydrogens (tertiary/aromatic N) is 1. The molecule has 0 amide bonds. The molecule has 0 fully saturated rings. The van der Waals surface area contributed by atoms with E-state index in [1.807, 2.05) is 24.3 Å². The molecule has 0 bridgehead atoms. The summed E-state index contributed by atoms with van der Waals surface area (Å²) in [4.78, 5) is 16.7. The number of thiazole rings is 1. The molecular weight excluding hydrogens is 309 g/mol. The fourth-order valence-corrected chi connectivity index (χ4v) is 3.44. The molecule has 0 atom stereocenters. The molecule has 0 saturated carbocycles. The maximum Gasteiger partial charge on any atom is 0.196 e. The first kappa shape index (κ1) is 13.9. The Morgan fingerprint density at radius 2 is 2.28 bits per heavy atom. The number of carbonyl (C=O) groups excluding carboxylic acids is 1. The van der Waals surface area contributed by atoms with Crippen molar-refractivity contribution in [1.29, 1.82) is 0 Å². The van der Waals surface area contributed by atoms with Crippen molar-refractivity contribution in [3.05, 3.63) is 45.4 Å². The van der Waals surface area contributed by atoms with Crippen LogP contribution in [0.15, 0.2) is 34.5 Å². The van der Waals surface area contributed by atoms with E-state index in [2.05, 4.69) is 4.98 Å². The number of aromatic nitrogens is 1. The standard InChI is InChI=1S/C12H9Cl2NOS2/c13-5-11(16)10-6-18-12(15-10)7-17-9-3-1-2-8(14)4-9/h1-4,6H,5,7H2. The summed E-state index contributed by atoms with van der Waals surface area (Å²) in [5.41, 5.74) is 0.455. The predicted octanol–water partition coefficient (Wildman–Crippen LogP) is 4.51. The van der Waals surface area contributed by atoms with E-state index in [4.69, 9.17) is 23.2 Å². The third-order valence-corrected chi connectivity index (χ3v) is 4.63. The highest BCUT2D eigenvalue weighted by Crippen LogP contribution is 2.26. The van der Waals surface area contributed by atoms with Gasteiger partial charge in [-0.05, 0) is 18.2 Å². The van der Waals surface area contributed by atoms with Crippen molar-refractivity contribution in [1.82, 2.24) is 4.98 Å². The molecule has 0 aliphatic rings. The number of halogens is 2. The van der Waals surface area contributed by atoms with Crippen LogP contribution in [0.3, 0.4) is 0 Å². The molecule has 0 unspecified atom stereocenters. The average Bonchev–Trinajstić information content (AvgIpc) is 2.84. The molecule has 1 heterocycles. The van der Waals surface area contributed by atoms with E-state index in [0.29, 0.717) is 5.69 Å². The highest BCUT2D eigenvalue weighted by Gasteiger charge is 2.09. The normalized spacial score (nSPS) is 10.6. The van der Waals surface area contributed by atoms with Crippen LogP contribution in [0.1, 0.15) is 15.5 Å². The lowest BCUT2D eigenvalue weighted by Crippen LogP contribution is -2.00. The molecule has 0 radical (unpaired) electrons. The summed E-state index contributed by atoms with van der Waals surface area (Å²) in [6.45, 7) is 0. The monoisotopic (exact) mass is 317 g/mol. The molecule has 6 heteroatoms. The number of carbonyl (C=O) groups is 1. The van der Waals surface area contributed by atoms with Gasteiger partial charge in [0.15, 0.2) is 5.78 Å². The molecule has 2 aromatic rings. The largest absolute Gasteiger partial charge is 0.291 e. The second-order valence-corrected chi connectivity index (χ2v) is 6.12. The van der Waals surface area contributed by atoms with Crippen molar-refractivity contribution in [2.45, 2.75) is 10.6 Å². The third kappa shape index (κ3) is 3.72. The van der Waals surface area contributed by atoms with E-state index in [1.54, 1.807) is 17.1 Å². The Morgan fingerprint density at radius 1 is 1.44 bits per heavy atom. The molecule has 1 aromatic heterocycles. The Bertz CT molecular complexity index is 557. The van der Waals surface area contributed by atoms with Gasteiger partial charge in [-0.2, -0.15) is 0 Å². The van der Waals surface area contributed by atoms with Crippen LogP contribution in [0.5, 0.6) is 0 Å². The molecule has 18 heavy (non-hydrogen) atoms. The van der Waals surface area contributed by atoms with E-state index in [1.165, 1.54) is 11.3 Å². The molecule has 0 N–H and O–H groups in total. The molecule has 0 saturated heterocycles. The Hall–Kier alpha value is -0.550. The first-order valence-electron chi connectivity index (χ1n) is 5.11. The molecule has 0 aliphatic carbocycles. The molecule has 0 spiro atoms. The summed E-state index contributed by atoms with van der Waals surface area (Å²) < 4.78 is 0. The van der Waals surface area contributed by atoms with Crippen LogP contribution in [0, 0.1) is 0 Å². The summed E-state index contributed by atoms with van der Waals surface area (Å²) in [5, 5.41) is 3.38. The van der Waals surface area contributed by atoms with Gasteiger partial charge in [-0.15, -0.1) is 34.7 Å². The van der Waals surface area contributed by atoms with Gasteiger partial charge in [0.1, 0.15) is 10.7 Å². The van der Waals surface area contributed by atoms with Crippen molar-refractivity contribution in [2.75, 3.05) is 5.88 Å². The average molecular weight is 318 g/mol. The highest BCUT2D eigenvalue weighted by molar-refractivity contribution is 7.98. The Balaban J connectivity index is 1.98. The first-order chi connectivity index (χ1) is 8.69. The molecule has 0 aliphatic heterocycles. The first-order valence-corrected chi connectivity index (χ1v) is 7.89. The van der Waals surface area contributed by atoms with Crippen LogP contribution >= 0.6 is 46.3 Å². The zero-order chi connectivity index (χ0) is 13.0. The number of hydrogen-bond donors (Lipinski definition) is 0. The lowest BCUT2D eigenvalue weighted by atomic mass is 10.3. The maximum absolute atomic E-state index is 11.3. The van der Waals surface area contributed by atoms with E-state index >= 15 is 0 Å². The molecule has 2 nitrogen and oxygen atoms in total. The minimum atomic E-state index is -0.132. The van der Waals surface area contributed by atoms with Gasteiger partial charge in [0, 0.05) is 15.3 Å². The number of hydrogen-bond acceptors (Lipinski definition) is 4. The van der Waals surface area contributed by atoms with Gasteiger partial charge < -0.3 is 0 Å². The van der Waals surface area contributed by atoms with E-state index < -0.39 is 0 Å². The SMILES string of the molecule is O=C(CCl)c1csc(CSc2cccc(Cl)c2)n1. The van der Waals surface area contributed by atoms with E-state index in [0.717, 1.165) is 20.7 Å². The molecule has 2 rings (SSSR count). The van der Waals surface area contributed by atoms with Crippen LogP contribution in [0.25, 0.3) is 0 Å². The van der Waals surface area contributed by atoms with Gasteiger partial charge >= 0.3 is 0 Å². The minimum absolute atomic E-state index is 0.0232. The zero-order valence-electron chi connectivity index (χ0n) is 9.23. The van der Waals surface area contributed by atoms with Gasteiger partial charge in [-0.25, -0.2) is 4.98 Å². The lowest BCUT2D eigenvalue weighted by Gasteiger charge is -1.99. The minimum Gasteiger partial charge on any atom is -0.291 e. The van der Waals surface area contributed by atoms with Gasteiger partial charge in [-0.3, -0.25) is 4.79 Å². The van der Waals surface area contributed by atoms with Gasteiger partial charge in [-0.1, -0.05) is 17.7 Å². The van der Waals surface area contributed by atoms with Crippen LogP contribution in [-0.4, -0.2) is 16.6 Å². The van der Waals surface area contributed by atoms with E-state index in [9.17, 15) is 4.79 Å². The van der Waals surface area contributed by atoms with Crippen molar-refractivity contribution < 1.29 is 4.79 Å². The van der Waals surface area contributed by atoms with Crippen LogP contribution in [-0.2, 0) is 5.75 Å². The topological polar surface area (TPSA) is 30.0 Å². The summed E-state index contributed by atoms with van der Waals surface area (Å²) in [6.07, 6.45) is 0. The summed E-state index contributed by atoms with van der Waals surface area (Å²) in [5.74, 6) is 0.567. The van der Waals surface area contributed by atoms with Gasteiger partial charge in [0.05, 0.1) is 11.6 Å². The van der Waals surface area contributed by atoms with E-state index in [-0.39, 0.29) is 11.7 Å². The maximum atomic E-state index is 11.3. The summed E-state index contributed by atoms with van der Waals surface area (Å²) in [6, 6.07) is 7.65. The van der Waals surface area contributed by atoms with Crippen molar-refractivity contribution >= 4 is 52.1 Å².